The quantitative estimate of drug-likeness (QED) is 0.639. The first-order valence-electron chi connectivity index (χ1n) is 9.67. The van der Waals surface area contributed by atoms with Gasteiger partial charge in [0.15, 0.2) is 16.5 Å². The molecule has 0 radical (unpaired) electrons. The molecule has 0 aliphatic carbocycles. The highest BCUT2D eigenvalue weighted by Gasteiger charge is 2.33. The summed E-state index contributed by atoms with van der Waals surface area (Å²) in [6.07, 6.45) is 0.134. The van der Waals surface area contributed by atoms with E-state index < -0.39 is 6.29 Å². The van der Waals surface area contributed by atoms with Crippen molar-refractivity contribution in [2.75, 3.05) is 11.5 Å². The van der Waals surface area contributed by atoms with E-state index in [-0.39, 0.29) is 11.9 Å². The van der Waals surface area contributed by atoms with Gasteiger partial charge >= 0.3 is 0 Å². The molecule has 5 rings (SSSR count). The van der Waals surface area contributed by atoms with Gasteiger partial charge in [-0.25, -0.2) is 5.43 Å². The molecule has 1 unspecified atom stereocenters. The zero-order valence-electron chi connectivity index (χ0n) is 16.6. The molecule has 4 N–H and O–H groups in total. The number of hydrazone groups is 2. The molecule has 3 aliphatic rings. The minimum Gasteiger partial charge on any atom is -0.445 e. The van der Waals surface area contributed by atoms with Gasteiger partial charge in [0.2, 0.25) is 5.91 Å². The lowest BCUT2D eigenvalue weighted by atomic mass is 9.93. The monoisotopic (exact) mass is 423 g/mol. The summed E-state index contributed by atoms with van der Waals surface area (Å²) >= 11 is 1.32. The molecular formula is C21H21N5O3S. The minimum atomic E-state index is -0.661. The standard InChI is InChI=1S/C21H21N5O3S/c1-10-5-12(3-4-15(10)22)19-14-8-17-16(7-13(14)6-11(2)23-25-19)28-21(29-17)20-26-24-18(27)9-30-20/h3-5,7-8,11,21,23H,6,9,22H2,1-2H3,(H,24,27)/t11?,21-/m1/s1. The first-order chi connectivity index (χ1) is 14.5. The summed E-state index contributed by atoms with van der Waals surface area (Å²) in [5.41, 5.74) is 17.4. The maximum Gasteiger partial charge on any atom is 0.292 e. The topological polar surface area (TPSA) is 110 Å². The van der Waals surface area contributed by atoms with Crippen molar-refractivity contribution in [3.8, 4) is 11.5 Å². The van der Waals surface area contributed by atoms with Crippen molar-refractivity contribution in [2.45, 2.75) is 32.6 Å². The molecule has 0 bridgehead atoms. The second-order valence-electron chi connectivity index (χ2n) is 7.56. The van der Waals surface area contributed by atoms with Gasteiger partial charge in [0, 0.05) is 22.9 Å². The van der Waals surface area contributed by atoms with Crippen LogP contribution in [0.25, 0.3) is 0 Å². The Morgan fingerprint density at radius 3 is 2.70 bits per heavy atom. The average Bonchev–Trinajstić information content (AvgIpc) is 3.06. The van der Waals surface area contributed by atoms with Gasteiger partial charge in [-0.3, -0.25) is 4.79 Å². The largest absolute Gasteiger partial charge is 0.445 e. The number of thioether (sulfide) groups is 1. The summed E-state index contributed by atoms with van der Waals surface area (Å²) in [6, 6.07) is 10.1. The Morgan fingerprint density at radius 1 is 1.17 bits per heavy atom. The van der Waals surface area contributed by atoms with Gasteiger partial charge in [-0.2, -0.15) is 10.2 Å². The van der Waals surface area contributed by atoms with Crippen molar-refractivity contribution in [1.82, 2.24) is 10.9 Å². The van der Waals surface area contributed by atoms with Crippen molar-refractivity contribution in [1.29, 1.82) is 0 Å². The van der Waals surface area contributed by atoms with Gasteiger partial charge in [0.25, 0.3) is 6.29 Å². The number of nitrogens with two attached hydrogens (primary N) is 1. The molecule has 0 saturated heterocycles. The van der Waals surface area contributed by atoms with E-state index in [9.17, 15) is 4.79 Å². The summed E-state index contributed by atoms with van der Waals surface area (Å²) in [4.78, 5) is 11.3. The van der Waals surface area contributed by atoms with E-state index in [4.69, 9.17) is 15.2 Å². The summed E-state index contributed by atoms with van der Waals surface area (Å²) in [5.74, 6) is 1.46. The molecular weight excluding hydrogens is 402 g/mol. The third kappa shape index (κ3) is 3.35. The summed E-state index contributed by atoms with van der Waals surface area (Å²) in [6.45, 7) is 4.08. The number of carbonyl (C=O) groups excluding carboxylic acids is 1. The molecule has 2 atom stereocenters. The van der Waals surface area contributed by atoms with Gasteiger partial charge < -0.3 is 20.6 Å². The fourth-order valence-electron chi connectivity index (χ4n) is 3.63. The fourth-order valence-corrected chi connectivity index (χ4v) is 4.31. The molecule has 3 aliphatic heterocycles. The van der Waals surface area contributed by atoms with Crippen LogP contribution in [0, 0.1) is 6.92 Å². The molecule has 8 nitrogen and oxygen atoms in total. The highest BCUT2D eigenvalue weighted by Crippen LogP contribution is 2.40. The third-order valence-electron chi connectivity index (χ3n) is 5.20. The number of nitrogens with zero attached hydrogens (tertiary/aromatic N) is 2. The highest BCUT2D eigenvalue weighted by atomic mass is 32.2. The second-order valence-corrected chi connectivity index (χ2v) is 8.56. The third-order valence-corrected chi connectivity index (χ3v) is 6.19. The number of amides is 1. The van der Waals surface area contributed by atoms with E-state index in [0.29, 0.717) is 22.3 Å². The van der Waals surface area contributed by atoms with Gasteiger partial charge in [-0.1, -0.05) is 17.8 Å². The van der Waals surface area contributed by atoms with Crippen LogP contribution in [0.15, 0.2) is 40.5 Å². The minimum absolute atomic E-state index is 0.132. The summed E-state index contributed by atoms with van der Waals surface area (Å²) < 4.78 is 12.0. The van der Waals surface area contributed by atoms with E-state index in [2.05, 4.69) is 28.0 Å². The molecule has 2 aromatic rings. The summed E-state index contributed by atoms with van der Waals surface area (Å²) in [7, 11) is 0. The Kier molecular flexibility index (Phi) is 4.54. The maximum atomic E-state index is 11.3. The lowest BCUT2D eigenvalue weighted by Gasteiger charge is -2.15. The number of ether oxygens (including phenoxy) is 2. The van der Waals surface area contributed by atoms with E-state index in [1.165, 1.54) is 11.8 Å². The summed E-state index contributed by atoms with van der Waals surface area (Å²) in [5, 5.41) is 9.34. The zero-order valence-corrected chi connectivity index (χ0v) is 17.4. The van der Waals surface area contributed by atoms with Gasteiger partial charge in [0.1, 0.15) is 0 Å². The van der Waals surface area contributed by atoms with Crippen LogP contribution in [0.3, 0.4) is 0 Å². The molecule has 0 saturated carbocycles. The lowest BCUT2D eigenvalue weighted by molar-refractivity contribution is -0.118. The van der Waals surface area contributed by atoms with Crippen LogP contribution >= 0.6 is 11.8 Å². The number of nitrogens with one attached hydrogen (secondary N) is 2. The Bertz CT molecular complexity index is 1110. The Labute approximate surface area is 177 Å². The Morgan fingerprint density at radius 2 is 1.97 bits per heavy atom. The molecule has 30 heavy (non-hydrogen) atoms. The average molecular weight is 423 g/mol. The number of fused-ring (bicyclic) bond motifs is 2. The maximum absolute atomic E-state index is 11.3. The normalized spacial score (nSPS) is 22.3. The van der Waals surface area contributed by atoms with Crippen LogP contribution < -0.4 is 26.1 Å². The van der Waals surface area contributed by atoms with Crippen molar-refractivity contribution < 1.29 is 14.3 Å². The van der Waals surface area contributed by atoms with Crippen LogP contribution in [0.5, 0.6) is 11.5 Å². The fraction of sp³-hybridized carbons (Fsp3) is 0.286. The van der Waals surface area contributed by atoms with E-state index in [0.717, 1.165) is 40.1 Å². The molecule has 0 fully saturated rings. The van der Waals surface area contributed by atoms with E-state index in [1.807, 2.05) is 37.3 Å². The molecule has 9 heteroatoms. The Balaban J connectivity index is 1.52. The van der Waals surface area contributed by atoms with Crippen molar-refractivity contribution in [2.24, 2.45) is 10.2 Å². The van der Waals surface area contributed by atoms with Crippen molar-refractivity contribution in [3.05, 3.63) is 52.6 Å². The molecule has 154 valence electrons. The van der Waals surface area contributed by atoms with Gasteiger partial charge in [0.05, 0.1) is 11.5 Å². The second kappa shape index (κ2) is 7.24. The number of nitrogen functional groups attached to an aromatic ring is 1. The van der Waals surface area contributed by atoms with Crippen LogP contribution in [0.1, 0.15) is 29.2 Å². The van der Waals surface area contributed by atoms with Gasteiger partial charge in [-0.05, 0) is 55.7 Å². The van der Waals surface area contributed by atoms with Crippen molar-refractivity contribution in [3.63, 3.8) is 0 Å². The number of hydrogen-bond donors (Lipinski definition) is 3. The number of benzene rings is 2. The van der Waals surface area contributed by atoms with Gasteiger partial charge in [-0.15, -0.1) is 0 Å². The van der Waals surface area contributed by atoms with E-state index >= 15 is 0 Å². The number of anilines is 1. The number of aryl methyl sites for hydroxylation is 1. The number of carbonyl (C=O) groups is 1. The molecule has 1 amide bonds. The van der Waals surface area contributed by atoms with Crippen LogP contribution in [0.2, 0.25) is 0 Å². The molecule has 2 aromatic carbocycles. The first kappa shape index (κ1) is 18.8. The first-order valence-corrected chi connectivity index (χ1v) is 10.7. The van der Waals surface area contributed by atoms with Crippen LogP contribution in [0.4, 0.5) is 5.69 Å². The molecule has 3 heterocycles. The molecule has 0 aromatic heterocycles. The SMILES string of the molecule is Cc1cc(C2=NNC(C)Cc3cc4c(cc32)O[C@H](C2=NNC(=O)CS2)O4)ccc1N. The molecule has 0 spiro atoms. The van der Waals surface area contributed by atoms with Crippen LogP contribution in [-0.4, -0.2) is 34.7 Å². The zero-order chi connectivity index (χ0) is 20.8. The van der Waals surface area contributed by atoms with Crippen molar-refractivity contribution >= 4 is 34.1 Å². The predicted octanol–water partition coefficient (Wildman–Crippen LogP) is 2.14. The van der Waals surface area contributed by atoms with E-state index in [1.54, 1.807) is 0 Å². The van der Waals surface area contributed by atoms with Crippen LogP contribution in [-0.2, 0) is 11.2 Å². The number of rotatable bonds is 2. The smallest absolute Gasteiger partial charge is 0.292 e. The lowest BCUT2D eigenvalue weighted by Crippen LogP contribution is -2.35. The Hall–Kier alpha value is -3.20. The highest BCUT2D eigenvalue weighted by molar-refractivity contribution is 8.14. The number of hydrogen-bond acceptors (Lipinski definition) is 8. The predicted molar refractivity (Wildman–Crippen MR) is 117 cm³/mol.